The van der Waals surface area contributed by atoms with E-state index in [2.05, 4.69) is 20.5 Å². The predicted octanol–water partition coefficient (Wildman–Crippen LogP) is 4.85. The zero-order chi connectivity index (χ0) is 20.3. The van der Waals surface area contributed by atoms with Crippen LogP contribution in [0.4, 0.5) is 13.2 Å². The summed E-state index contributed by atoms with van der Waals surface area (Å²) in [5, 5.41) is 4.77. The van der Waals surface area contributed by atoms with Gasteiger partial charge in [0.15, 0.2) is 5.16 Å². The molecule has 146 valence electrons. The molecule has 0 aliphatic rings. The molecular formula is C19H17F3N4OS. The van der Waals surface area contributed by atoms with Gasteiger partial charge in [0.05, 0.1) is 22.8 Å². The van der Waals surface area contributed by atoms with Gasteiger partial charge in [-0.15, -0.1) is 0 Å². The monoisotopic (exact) mass is 406 g/mol. The molecule has 1 heterocycles. The Morgan fingerprint density at radius 2 is 2.00 bits per heavy atom. The Bertz CT molecular complexity index is 1030. The molecule has 0 spiro atoms. The quantitative estimate of drug-likeness (QED) is 0.362. The molecule has 0 aliphatic carbocycles. The molecule has 9 heteroatoms. The van der Waals surface area contributed by atoms with Crippen LogP contribution in [-0.4, -0.2) is 27.3 Å². The van der Waals surface area contributed by atoms with Gasteiger partial charge in [0.25, 0.3) is 5.91 Å². The normalized spacial score (nSPS) is 12.2. The standard InChI is InChI=1S/C19H17F3N4OS/c1-11(2)28-18-24-15-8-7-12(9-16(15)25-18)17(27)26-23-10-13-5-3-4-6-14(13)19(20,21)22/h3-11H,1-2H3,(H,24,25)(H,26,27)/b23-10-. The summed E-state index contributed by atoms with van der Waals surface area (Å²) in [6, 6.07) is 9.92. The molecule has 0 saturated heterocycles. The van der Waals surface area contributed by atoms with Crippen molar-refractivity contribution in [2.45, 2.75) is 30.4 Å². The fraction of sp³-hybridized carbons (Fsp3) is 0.211. The van der Waals surface area contributed by atoms with Gasteiger partial charge in [0.1, 0.15) is 0 Å². The summed E-state index contributed by atoms with van der Waals surface area (Å²) in [6.07, 6.45) is -3.52. The lowest BCUT2D eigenvalue weighted by Gasteiger charge is -2.09. The summed E-state index contributed by atoms with van der Waals surface area (Å²) in [5.41, 5.74) is 3.04. The number of thioether (sulfide) groups is 1. The van der Waals surface area contributed by atoms with Crippen molar-refractivity contribution in [1.29, 1.82) is 0 Å². The second-order valence-electron chi connectivity index (χ2n) is 6.22. The number of imidazole rings is 1. The number of halogens is 3. The van der Waals surface area contributed by atoms with Gasteiger partial charge in [-0.05, 0) is 24.3 Å². The Balaban J connectivity index is 1.74. The minimum Gasteiger partial charge on any atom is -0.333 e. The maximum absolute atomic E-state index is 13.0. The Labute approximate surface area is 163 Å². The number of H-pyrrole nitrogens is 1. The van der Waals surface area contributed by atoms with E-state index in [1.807, 2.05) is 13.8 Å². The zero-order valence-corrected chi connectivity index (χ0v) is 15.9. The van der Waals surface area contributed by atoms with Gasteiger partial charge in [-0.1, -0.05) is 43.8 Å². The van der Waals surface area contributed by atoms with Gasteiger partial charge in [0, 0.05) is 16.4 Å². The van der Waals surface area contributed by atoms with E-state index in [1.54, 1.807) is 30.0 Å². The molecule has 0 atom stereocenters. The molecule has 2 N–H and O–H groups in total. The van der Waals surface area contributed by atoms with Crippen LogP contribution in [-0.2, 0) is 6.18 Å². The van der Waals surface area contributed by atoms with Crippen LogP contribution in [0.15, 0.2) is 52.7 Å². The highest BCUT2D eigenvalue weighted by Gasteiger charge is 2.32. The van der Waals surface area contributed by atoms with Crippen molar-refractivity contribution in [2.24, 2.45) is 5.10 Å². The fourth-order valence-corrected chi connectivity index (χ4v) is 3.27. The van der Waals surface area contributed by atoms with E-state index >= 15 is 0 Å². The lowest BCUT2D eigenvalue weighted by molar-refractivity contribution is -0.137. The molecule has 3 rings (SSSR count). The average molecular weight is 406 g/mol. The average Bonchev–Trinajstić information content (AvgIpc) is 3.01. The third-order valence-corrected chi connectivity index (χ3v) is 4.59. The Morgan fingerprint density at radius 1 is 1.25 bits per heavy atom. The molecule has 0 bridgehead atoms. The van der Waals surface area contributed by atoms with Crippen LogP contribution in [0.25, 0.3) is 11.0 Å². The maximum atomic E-state index is 13.0. The number of alkyl halides is 3. The van der Waals surface area contributed by atoms with Crippen molar-refractivity contribution < 1.29 is 18.0 Å². The lowest BCUT2D eigenvalue weighted by Crippen LogP contribution is -2.18. The molecule has 0 unspecified atom stereocenters. The van der Waals surface area contributed by atoms with Crippen molar-refractivity contribution in [3.63, 3.8) is 0 Å². The molecule has 28 heavy (non-hydrogen) atoms. The number of rotatable bonds is 5. The topological polar surface area (TPSA) is 70.1 Å². The highest BCUT2D eigenvalue weighted by atomic mass is 32.2. The number of hydrogen-bond donors (Lipinski definition) is 2. The minimum absolute atomic E-state index is 0.130. The Hall–Kier alpha value is -2.81. The summed E-state index contributed by atoms with van der Waals surface area (Å²) < 4.78 is 38.9. The fourth-order valence-electron chi connectivity index (χ4n) is 2.50. The number of nitrogens with zero attached hydrogens (tertiary/aromatic N) is 2. The van der Waals surface area contributed by atoms with Crippen LogP contribution in [0, 0.1) is 0 Å². The molecule has 1 aromatic heterocycles. The van der Waals surface area contributed by atoms with Crippen LogP contribution < -0.4 is 5.43 Å². The largest absolute Gasteiger partial charge is 0.417 e. The zero-order valence-electron chi connectivity index (χ0n) is 15.0. The summed E-state index contributed by atoms with van der Waals surface area (Å²) in [4.78, 5) is 19.8. The smallest absolute Gasteiger partial charge is 0.333 e. The van der Waals surface area contributed by atoms with Gasteiger partial charge >= 0.3 is 6.18 Å². The molecule has 2 aromatic carbocycles. The first-order valence-corrected chi connectivity index (χ1v) is 9.28. The van der Waals surface area contributed by atoms with Crippen LogP contribution in [0.2, 0.25) is 0 Å². The number of nitrogens with one attached hydrogen (secondary N) is 2. The van der Waals surface area contributed by atoms with E-state index in [1.165, 1.54) is 18.2 Å². The molecule has 5 nitrogen and oxygen atoms in total. The summed E-state index contributed by atoms with van der Waals surface area (Å²) >= 11 is 1.57. The van der Waals surface area contributed by atoms with Crippen molar-refractivity contribution in [1.82, 2.24) is 15.4 Å². The molecule has 3 aromatic rings. The molecule has 1 amide bonds. The third-order valence-electron chi connectivity index (χ3n) is 3.71. The van der Waals surface area contributed by atoms with Crippen LogP contribution in [0.1, 0.15) is 35.3 Å². The van der Waals surface area contributed by atoms with Crippen molar-refractivity contribution >= 4 is 34.9 Å². The van der Waals surface area contributed by atoms with Crippen molar-refractivity contribution in [2.75, 3.05) is 0 Å². The number of hydrazone groups is 1. The number of carbonyl (C=O) groups is 1. The first-order valence-electron chi connectivity index (χ1n) is 8.40. The van der Waals surface area contributed by atoms with E-state index in [0.29, 0.717) is 16.3 Å². The third kappa shape index (κ3) is 4.72. The number of aromatic amines is 1. The van der Waals surface area contributed by atoms with Crippen molar-refractivity contribution in [3.05, 3.63) is 59.2 Å². The van der Waals surface area contributed by atoms with Gasteiger partial charge in [0.2, 0.25) is 0 Å². The molecule has 0 saturated carbocycles. The van der Waals surface area contributed by atoms with Crippen LogP contribution >= 0.6 is 11.8 Å². The van der Waals surface area contributed by atoms with Gasteiger partial charge in [-0.2, -0.15) is 18.3 Å². The van der Waals surface area contributed by atoms with E-state index in [9.17, 15) is 18.0 Å². The SMILES string of the molecule is CC(C)Sc1nc2ccc(C(=O)N/N=C\c3ccccc3C(F)(F)F)cc2[nH]1. The summed E-state index contributed by atoms with van der Waals surface area (Å²) in [5.74, 6) is -0.532. The second-order valence-corrected chi connectivity index (χ2v) is 7.79. The summed E-state index contributed by atoms with van der Waals surface area (Å²) in [7, 11) is 0. The predicted molar refractivity (Wildman–Crippen MR) is 104 cm³/mol. The molecule has 0 aliphatic heterocycles. The van der Waals surface area contributed by atoms with E-state index in [4.69, 9.17) is 0 Å². The Morgan fingerprint density at radius 3 is 2.71 bits per heavy atom. The highest BCUT2D eigenvalue weighted by molar-refractivity contribution is 7.99. The first kappa shape index (κ1) is 19.9. The lowest BCUT2D eigenvalue weighted by atomic mass is 10.1. The van der Waals surface area contributed by atoms with Gasteiger partial charge < -0.3 is 4.98 Å². The van der Waals surface area contributed by atoms with Crippen molar-refractivity contribution in [3.8, 4) is 0 Å². The minimum atomic E-state index is -4.50. The number of amides is 1. The number of benzene rings is 2. The Kier molecular flexibility index (Phi) is 5.73. The number of hydrogen-bond acceptors (Lipinski definition) is 4. The second kappa shape index (κ2) is 8.05. The maximum Gasteiger partial charge on any atom is 0.417 e. The van der Waals surface area contributed by atoms with Gasteiger partial charge in [-0.25, -0.2) is 10.4 Å². The van der Waals surface area contributed by atoms with Gasteiger partial charge in [-0.3, -0.25) is 4.79 Å². The molecular weight excluding hydrogens is 389 g/mol. The van der Waals surface area contributed by atoms with Crippen LogP contribution in [0.3, 0.4) is 0 Å². The summed E-state index contributed by atoms with van der Waals surface area (Å²) in [6.45, 7) is 4.09. The number of carbonyl (C=O) groups excluding carboxylic acids is 1. The number of fused-ring (bicyclic) bond motifs is 1. The van der Waals surface area contributed by atoms with E-state index < -0.39 is 17.6 Å². The molecule has 0 fully saturated rings. The number of aromatic nitrogens is 2. The van der Waals surface area contributed by atoms with E-state index in [0.717, 1.165) is 23.0 Å². The first-order chi connectivity index (χ1) is 13.2. The molecule has 0 radical (unpaired) electrons. The van der Waals surface area contributed by atoms with E-state index in [-0.39, 0.29) is 5.56 Å². The highest BCUT2D eigenvalue weighted by Crippen LogP contribution is 2.31. The van der Waals surface area contributed by atoms with Crippen LogP contribution in [0.5, 0.6) is 0 Å².